The molecule has 1 aliphatic rings. The number of likely N-dealkylation sites (tertiary alicyclic amines) is 1. The van der Waals surface area contributed by atoms with Gasteiger partial charge in [-0.05, 0) is 59.5 Å². The Bertz CT molecular complexity index is 843. The van der Waals surface area contributed by atoms with E-state index in [0.29, 0.717) is 12.1 Å². The lowest BCUT2D eigenvalue weighted by molar-refractivity contribution is -0.127. The number of fused-ring (bicyclic) bond motifs is 1. The van der Waals surface area contributed by atoms with Gasteiger partial charge in [-0.3, -0.25) is 9.69 Å². The first-order valence-electron chi connectivity index (χ1n) is 8.51. The van der Waals surface area contributed by atoms with Crippen LogP contribution in [0.1, 0.15) is 24.2 Å². The molecule has 1 fully saturated rings. The average molecular weight is 340 g/mol. The van der Waals surface area contributed by atoms with Crippen molar-refractivity contribution in [3.63, 3.8) is 0 Å². The van der Waals surface area contributed by atoms with E-state index >= 15 is 0 Å². The van der Waals surface area contributed by atoms with Crippen LogP contribution in [0.15, 0.2) is 45.6 Å². The third-order valence-corrected chi connectivity index (χ3v) is 4.62. The summed E-state index contributed by atoms with van der Waals surface area (Å²) in [6, 6.07) is 9.52. The Morgan fingerprint density at radius 1 is 1.28 bits per heavy atom. The summed E-state index contributed by atoms with van der Waals surface area (Å²) in [5, 5.41) is 10.6. The summed E-state index contributed by atoms with van der Waals surface area (Å²) in [7, 11) is 0. The van der Waals surface area contributed by atoms with Crippen LogP contribution in [0, 0.1) is 5.92 Å². The van der Waals surface area contributed by atoms with Crippen LogP contribution in [0.3, 0.4) is 0 Å². The van der Waals surface area contributed by atoms with E-state index in [9.17, 15) is 4.79 Å². The molecule has 25 heavy (non-hydrogen) atoms. The SMILES string of the molecule is O=C(NCc1ccc2nonc2c1)[C@@H]1CCCN(Cc2ccco2)C1. The van der Waals surface area contributed by atoms with Crippen molar-refractivity contribution in [2.45, 2.75) is 25.9 Å². The lowest BCUT2D eigenvalue weighted by Crippen LogP contribution is -2.42. The highest BCUT2D eigenvalue weighted by molar-refractivity contribution is 5.79. The standard InChI is InChI=1S/C18H20N4O3/c23-18(19-10-13-5-6-16-17(9-13)21-25-20-16)14-3-1-7-22(11-14)12-15-4-2-8-24-15/h2,4-6,8-9,14H,1,3,7,10-12H2,(H,19,23)/t14-/m1/s1. The van der Waals surface area contributed by atoms with Crippen LogP contribution in [0.4, 0.5) is 0 Å². The predicted octanol–water partition coefficient (Wildman–Crippen LogP) is 2.34. The Morgan fingerprint density at radius 2 is 2.20 bits per heavy atom. The third-order valence-electron chi connectivity index (χ3n) is 4.62. The molecule has 4 rings (SSSR count). The maximum absolute atomic E-state index is 12.5. The Hall–Kier alpha value is -2.67. The minimum Gasteiger partial charge on any atom is -0.468 e. The summed E-state index contributed by atoms with van der Waals surface area (Å²) in [5.74, 6) is 1.05. The normalized spacial score (nSPS) is 18.5. The Kier molecular flexibility index (Phi) is 4.47. The van der Waals surface area contributed by atoms with Crippen molar-refractivity contribution in [2.24, 2.45) is 5.92 Å². The first-order chi connectivity index (χ1) is 12.3. The molecule has 0 radical (unpaired) electrons. The smallest absolute Gasteiger partial charge is 0.224 e. The van der Waals surface area contributed by atoms with Gasteiger partial charge in [0.2, 0.25) is 5.91 Å². The van der Waals surface area contributed by atoms with E-state index in [1.54, 1.807) is 6.26 Å². The number of furan rings is 1. The summed E-state index contributed by atoms with van der Waals surface area (Å²) < 4.78 is 10.1. The Morgan fingerprint density at radius 3 is 3.08 bits per heavy atom. The molecule has 130 valence electrons. The van der Waals surface area contributed by atoms with Crippen molar-refractivity contribution in [3.8, 4) is 0 Å². The van der Waals surface area contributed by atoms with E-state index < -0.39 is 0 Å². The molecule has 0 unspecified atom stereocenters. The number of nitrogens with zero attached hydrogens (tertiary/aromatic N) is 3. The van der Waals surface area contributed by atoms with E-state index in [4.69, 9.17) is 9.05 Å². The van der Waals surface area contributed by atoms with E-state index in [2.05, 4.69) is 20.5 Å². The minimum atomic E-state index is 0.0150. The van der Waals surface area contributed by atoms with Crippen molar-refractivity contribution < 1.29 is 13.8 Å². The van der Waals surface area contributed by atoms with Gasteiger partial charge in [0, 0.05) is 13.1 Å². The molecule has 2 aromatic heterocycles. The van der Waals surface area contributed by atoms with Gasteiger partial charge in [0.15, 0.2) is 0 Å². The number of hydrogen-bond donors (Lipinski definition) is 1. The zero-order valence-electron chi connectivity index (χ0n) is 13.9. The fraction of sp³-hybridized carbons (Fsp3) is 0.389. The molecule has 0 spiro atoms. The molecule has 7 heteroatoms. The highest BCUT2D eigenvalue weighted by Gasteiger charge is 2.26. The van der Waals surface area contributed by atoms with Crippen molar-refractivity contribution >= 4 is 16.9 Å². The van der Waals surface area contributed by atoms with Crippen molar-refractivity contribution in [1.29, 1.82) is 0 Å². The van der Waals surface area contributed by atoms with E-state index in [-0.39, 0.29) is 11.8 Å². The molecule has 0 bridgehead atoms. The number of carbonyl (C=O) groups excluding carboxylic acids is 1. The minimum absolute atomic E-state index is 0.0150. The molecule has 3 aromatic rings. The lowest BCUT2D eigenvalue weighted by atomic mass is 9.97. The van der Waals surface area contributed by atoms with Crippen LogP contribution < -0.4 is 5.32 Å². The van der Waals surface area contributed by atoms with Crippen LogP contribution >= 0.6 is 0 Å². The second-order valence-corrected chi connectivity index (χ2v) is 6.46. The van der Waals surface area contributed by atoms with Crippen LogP contribution in [-0.2, 0) is 17.9 Å². The number of hydrogen-bond acceptors (Lipinski definition) is 6. The molecule has 1 N–H and O–H groups in total. The van der Waals surface area contributed by atoms with E-state index in [1.807, 2.05) is 30.3 Å². The summed E-state index contributed by atoms with van der Waals surface area (Å²) in [4.78, 5) is 14.8. The number of rotatable bonds is 5. The number of aromatic nitrogens is 2. The predicted molar refractivity (Wildman–Crippen MR) is 90.4 cm³/mol. The summed E-state index contributed by atoms with van der Waals surface area (Å²) in [6.07, 6.45) is 3.63. The van der Waals surface area contributed by atoms with Gasteiger partial charge < -0.3 is 9.73 Å². The first-order valence-corrected chi connectivity index (χ1v) is 8.51. The van der Waals surface area contributed by atoms with Gasteiger partial charge in [-0.15, -0.1) is 0 Å². The van der Waals surface area contributed by atoms with Crippen molar-refractivity contribution in [2.75, 3.05) is 13.1 Å². The van der Waals surface area contributed by atoms with Crippen molar-refractivity contribution in [1.82, 2.24) is 20.5 Å². The fourth-order valence-electron chi connectivity index (χ4n) is 3.31. The van der Waals surface area contributed by atoms with Crippen molar-refractivity contribution in [3.05, 3.63) is 47.9 Å². The van der Waals surface area contributed by atoms with E-state index in [1.165, 1.54) is 0 Å². The number of amides is 1. The molecule has 0 aliphatic carbocycles. The maximum Gasteiger partial charge on any atom is 0.224 e. The molecule has 1 atom stereocenters. The van der Waals surface area contributed by atoms with Crippen LogP contribution in [0.25, 0.3) is 11.0 Å². The van der Waals surface area contributed by atoms with Gasteiger partial charge in [-0.25, -0.2) is 4.63 Å². The summed E-state index contributed by atoms with van der Waals surface area (Å²) in [5.41, 5.74) is 2.41. The maximum atomic E-state index is 12.5. The first kappa shape index (κ1) is 15.8. The summed E-state index contributed by atoms with van der Waals surface area (Å²) in [6.45, 7) is 3.00. The van der Waals surface area contributed by atoms with Crippen LogP contribution in [0.2, 0.25) is 0 Å². The van der Waals surface area contributed by atoms with Crippen LogP contribution in [-0.4, -0.2) is 34.2 Å². The number of piperidine rings is 1. The molecule has 0 saturated carbocycles. The molecule has 1 saturated heterocycles. The lowest BCUT2D eigenvalue weighted by Gasteiger charge is -2.31. The molecule has 1 aliphatic heterocycles. The molecular formula is C18H20N4O3. The second-order valence-electron chi connectivity index (χ2n) is 6.46. The Balaban J connectivity index is 1.32. The molecule has 1 amide bonds. The van der Waals surface area contributed by atoms with E-state index in [0.717, 1.165) is 49.3 Å². The van der Waals surface area contributed by atoms with Gasteiger partial charge >= 0.3 is 0 Å². The largest absolute Gasteiger partial charge is 0.468 e. The fourth-order valence-corrected chi connectivity index (χ4v) is 3.31. The molecule has 1 aromatic carbocycles. The van der Waals surface area contributed by atoms with Gasteiger partial charge in [-0.2, -0.15) is 0 Å². The number of carbonyl (C=O) groups is 1. The monoisotopic (exact) mass is 340 g/mol. The average Bonchev–Trinajstić information content (AvgIpc) is 3.31. The third kappa shape index (κ3) is 3.71. The quantitative estimate of drug-likeness (QED) is 0.767. The second kappa shape index (κ2) is 7.06. The molecule has 3 heterocycles. The topological polar surface area (TPSA) is 84.4 Å². The number of benzene rings is 1. The Labute approximate surface area is 144 Å². The van der Waals surface area contributed by atoms with Gasteiger partial charge in [0.25, 0.3) is 0 Å². The molecule has 7 nitrogen and oxygen atoms in total. The van der Waals surface area contributed by atoms with Gasteiger partial charge in [-0.1, -0.05) is 6.07 Å². The van der Waals surface area contributed by atoms with Gasteiger partial charge in [0.1, 0.15) is 16.8 Å². The van der Waals surface area contributed by atoms with Crippen LogP contribution in [0.5, 0.6) is 0 Å². The highest BCUT2D eigenvalue weighted by Crippen LogP contribution is 2.19. The number of nitrogens with one attached hydrogen (secondary N) is 1. The zero-order chi connectivity index (χ0) is 17.1. The zero-order valence-corrected chi connectivity index (χ0v) is 13.9. The highest BCUT2D eigenvalue weighted by atomic mass is 16.6. The summed E-state index contributed by atoms with van der Waals surface area (Å²) >= 11 is 0. The van der Waals surface area contributed by atoms with Gasteiger partial charge in [0.05, 0.1) is 18.7 Å². The molecular weight excluding hydrogens is 320 g/mol.